The third-order valence-corrected chi connectivity index (χ3v) is 21.6. The third kappa shape index (κ3) is 9.66. The first-order valence-corrected chi connectivity index (χ1v) is 34.4. The molecule has 4 heteroatoms. The Balaban J connectivity index is 1.10. The Morgan fingerprint density at radius 1 is 0.330 bits per heavy atom. The van der Waals surface area contributed by atoms with Crippen LogP contribution in [0.2, 0.25) is 0 Å². The maximum Gasteiger partial charge on any atom is 0.252 e. The number of hydrogen-bond donors (Lipinski definition) is 0. The highest BCUT2D eigenvalue weighted by molar-refractivity contribution is 7.25. The predicted octanol–water partition coefficient (Wildman–Crippen LogP) is 23.7. The SMILES string of the molecule is CC(C)(C)c1cc(C2=CC=CCC2)c2c(c1)-c1cccc(c1)-c1ccc3sc4ccc(cc4c3c1)-c1cccc(c1)-c1cc(C(C)(C)C)cc(-c3ccccc3)c1N1c3ccc(-c4ccccc4)cc3B3c4cc(-c5ccccc5)ccc4N2c2cc(C(C)(C)C)cc1c23. The number of allylic oxidation sites excluding steroid dienone is 4. The summed E-state index contributed by atoms with van der Waals surface area (Å²) in [5, 5.41) is 2.57. The second-order valence-corrected chi connectivity index (χ2v) is 30.7. The number of benzene rings is 12. The molecular weight excluding hydrogens is 1150 g/mol. The minimum atomic E-state index is -0.272. The topological polar surface area (TPSA) is 6.48 Å². The standard InChI is InChI=1S/C90H75BN2S/c1-88(2,3)68-50-71(58-28-18-12-19-29-58)86-73(52-68)66-34-22-32-60(44-66)62-38-42-83-75(46-62)76-47-63(39-43-84(76)94-83)61-33-23-35-67(45-61)74-53-69(89(4,5)6)51-72(59-30-20-13-21-31-59)87(74)93-80-41-37-65(57-26-16-11-17-27-57)49-78(80)91-77-48-64(56-24-14-10-15-25-56)36-40-79(77)92(86)81-54-70(90(7,8)9)55-82(93)85(81)91/h10-20,22-30,32-55H,21,31H2,1-9H3. The van der Waals surface area contributed by atoms with Crippen LogP contribution in [0.4, 0.5) is 34.1 Å². The molecule has 13 aromatic rings. The van der Waals surface area contributed by atoms with Gasteiger partial charge in [0.25, 0.3) is 6.71 Å². The van der Waals surface area contributed by atoms with Gasteiger partial charge >= 0.3 is 0 Å². The molecule has 4 aliphatic rings. The van der Waals surface area contributed by atoms with Crippen LogP contribution in [0.5, 0.6) is 0 Å². The van der Waals surface area contributed by atoms with Gasteiger partial charge in [-0.3, -0.25) is 0 Å². The summed E-state index contributed by atoms with van der Waals surface area (Å²) >= 11 is 1.89. The first-order valence-electron chi connectivity index (χ1n) is 33.6. The zero-order chi connectivity index (χ0) is 63.9. The molecule has 3 aliphatic heterocycles. The monoisotopic (exact) mass is 1230 g/mol. The maximum absolute atomic E-state index is 2.76. The summed E-state index contributed by atoms with van der Waals surface area (Å²) < 4.78 is 2.59. The highest BCUT2D eigenvalue weighted by atomic mass is 32.1. The Kier molecular flexibility index (Phi) is 13.4. The first kappa shape index (κ1) is 57.9. The molecule has 13 bridgehead atoms. The molecule has 0 unspecified atom stereocenters. The van der Waals surface area contributed by atoms with Crippen molar-refractivity contribution in [2.75, 3.05) is 9.80 Å². The lowest BCUT2D eigenvalue weighted by Crippen LogP contribution is -2.61. The van der Waals surface area contributed by atoms with E-state index >= 15 is 0 Å². The fourth-order valence-corrected chi connectivity index (χ4v) is 16.4. The highest BCUT2D eigenvalue weighted by Gasteiger charge is 2.46. The van der Waals surface area contributed by atoms with Gasteiger partial charge < -0.3 is 9.80 Å². The molecule has 1 aromatic heterocycles. The molecule has 454 valence electrons. The Labute approximate surface area is 559 Å². The van der Waals surface area contributed by atoms with E-state index in [4.69, 9.17) is 0 Å². The summed E-state index contributed by atoms with van der Waals surface area (Å²) in [5.41, 5.74) is 33.6. The zero-order valence-electron chi connectivity index (χ0n) is 55.2. The van der Waals surface area contributed by atoms with Crippen molar-refractivity contribution in [2.24, 2.45) is 0 Å². The molecule has 17 rings (SSSR count). The fraction of sp³-hybridized carbons (Fsp3) is 0.156. The lowest BCUT2D eigenvalue weighted by molar-refractivity contribution is 0.590. The van der Waals surface area contributed by atoms with Gasteiger partial charge in [-0.15, -0.1) is 11.3 Å². The molecule has 2 nitrogen and oxygen atoms in total. The minimum Gasteiger partial charge on any atom is -0.310 e. The Morgan fingerprint density at radius 2 is 0.713 bits per heavy atom. The number of thiophene rings is 1. The van der Waals surface area contributed by atoms with Gasteiger partial charge in [0.2, 0.25) is 0 Å². The Hall–Kier alpha value is -10.00. The molecule has 0 atom stereocenters. The molecule has 0 N–H and O–H groups in total. The maximum atomic E-state index is 2.76. The van der Waals surface area contributed by atoms with Crippen LogP contribution >= 0.6 is 11.3 Å². The van der Waals surface area contributed by atoms with Crippen molar-refractivity contribution in [3.8, 4) is 77.9 Å². The number of rotatable bonds is 4. The van der Waals surface area contributed by atoms with Gasteiger partial charge in [-0.05, 0) is 214 Å². The predicted molar refractivity (Wildman–Crippen MR) is 407 cm³/mol. The van der Waals surface area contributed by atoms with Crippen LogP contribution in [0.15, 0.2) is 267 Å². The van der Waals surface area contributed by atoms with Gasteiger partial charge in [0.15, 0.2) is 0 Å². The van der Waals surface area contributed by atoms with Gasteiger partial charge in [0, 0.05) is 65.2 Å². The van der Waals surface area contributed by atoms with E-state index in [2.05, 4.69) is 339 Å². The largest absolute Gasteiger partial charge is 0.310 e. The fourth-order valence-electron chi connectivity index (χ4n) is 15.4. The Bertz CT molecular complexity index is 5320. The van der Waals surface area contributed by atoms with Crippen molar-refractivity contribution < 1.29 is 0 Å². The van der Waals surface area contributed by atoms with Crippen LogP contribution in [0.3, 0.4) is 0 Å². The van der Waals surface area contributed by atoms with Crippen molar-refractivity contribution in [2.45, 2.75) is 91.4 Å². The van der Waals surface area contributed by atoms with E-state index in [-0.39, 0.29) is 23.0 Å². The van der Waals surface area contributed by atoms with Crippen molar-refractivity contribution in [1.29, 1.82) is 0 Å². The lowest BCUT2D eigenvalue weighted by atomic mass is 9.33. The summed E-state index contributed by atoms with van der Waals surface area (Å²) in [6, 6.07) is 96.9. The molecule has 0 radical (unpaired) electrons. The zero-order valence-corrected chi connectivity index (χ0v) is 56.0. The molecule has 0 amide bonds. The van der Waals surface area contributed by atoms with Crippen molar-refractivity contribution in [3.63, 3.8) is 0 Å². The quantitative estimate of drug-likeness (QED) is 0.162. The van der Waals surface area contributed by atoms with Crippen molar-refractivity contribution >= 4 is 94.3 Å². The van der Waals surface area contributed by atoms with Gasteiger partial charge in [-0.2, -0.15) is 0 Å². The molecular formula is C90H75BN2S. The molecule has 1 aliphatic carbocycles. The van der Waals surface area contributed by atoms with Crippen LogP contribution in [0, 0.1) is 0 Å². The highest BCUT2D eigenvalue weighted by Crippen LogP contribution is 2.56. The number of nitrogens with zero attached hydrogens (tertiary/aromatic N) is 2. The van der Waals surface area contributed by atoms with E-state index in [1.165, 1.54) is 171 Å². The van der Waals surface area contributed by atoms with E-state index < -0.39 is 0 Å². The molecule has 4 heterocycles. The second-order valence-electron chi connectivity index (χ2n) is 29.6. The summed E-state index contributed by atoms with van der Waals surface area (Å²) in [6.45, 7) is 21.3. The Morgan fingerprint density at radius 3 is 1.17 bits per heavy atom. The summed E-state index contributed by atoms with van der Waals surface area (Å²) in [7, 11) is 0. The molecule has 0 saturated heterocycles. The average Bonchev–Trinajstić information content (AvgIpc) is 1.08. The molecule has 12 aromatic carbocycles. The van der Waals surface area contributed by atoms with Gasteiger partial charge in [0.1, 0.15) is 0 Å². The van der Waals surface area contributed by atoms with E-state index in [0.29, 0.717) is 0 Å². The number of anilines is 6. The number of hydrogen-bond acceptors (Lipinski definition) is 3. The van der Waals surface area contributed by atoms with Gasteiger partial charge in [-0.1, -0.05) is 244 Å². The van der Waals surface area contributed by atoms with Crippen LogP contribution in [0.1, 0.15) is 97.4 Å². The van der Waals surface area contributed by atoms with Crippen LogP contribution in [-0.2, 0) is 16.2 Å². The molecule has 0 spiro atoms. The second kappa shape index (κ2) is 21.8. The van der Waals surface area contributed by atoms with Gasteiger partial charge in [0.05, 0.1) is 11.4 Å². The first-order chi connectivity index (χ1) is 45.5. The van der Waals surface area contributed by atoms with Gasteiger partial charge in [-0.25, -0.2) is 0 Å². The summed E-state index contributed by atoms with van der Waals surface area (Å²) in [6.07, 6.45) is 8.95. The smallest absolute Gasteiger partial charge is 0.252 e. The van der Waals surface area contributed by atoms with Crippen molar-refractivity contribution in [1.82, 2.24) is 0 Å². The van der Waals surface area contributed by atoms with Crippen LogP contribution in [-0.4, -0.2) is 6.71 Å². The van der Waals surface area contributed by atoms with Crippen LogP contribution < -0.4 is 26.2 Å². The third-order valence-electron chi connectivity index (χ3n) is 20.5. The van der Waals surface area contributed by atoms with Crippen molar-refractivity contribution in [3.05, 3.63) is 289 Å². The molecule has 0 saturated carbocycles. The van der Waals surface area contributed by atoms with E-state index in [1.807, 2.05) is 11.3 Å². The summed E-state index contributed by atoms with van der Waals surface area (Å²) in [5.74, 6) is 0. The van der Waals surface area contributed by atoms with Crippen LogP contribution in [0.25, 0.3) is 104 Å². The van der Waals surface area contributed by atoms with E-state index in [9.17, 15) is 0 Å². The normalized spacial score (nSPS) is 13.9. The summed E-state index contributed by atoms with van der Waals surface area (Å²) in [4.78, 5) is 5.50. The molecule has 94 heavy (non-hydrogen) atoms. The minimum absolute atomic E-state index is 0.171. The van der Waals surface area contributed by atoms with E-state index in [1.54, 1.807) is 0 Å². The average molecular weight is 1230 g/mol. The molecule has 0 fully saturated rings. The number of fused-ring (bicyclic) bond motifs is 20. The van der Waals surface area contributed by atoms with E-state index in [0.717, 1.165) is 18.5 Å². The lowest BCUT2D eigenvalue weighted by Gasteiger charge is -2.47.